The number of thiophene rings is 1. The van der Waals surface area contributed by atoms with Gasteiger partial charge in [-0.3, -0.25) is 24.3 Å². The Bertz CT molecular complexity index is 995. The second kappa shape index (κ2) is 8.07. The van der Waals surface area contributed by atoms with Gasteiger partial charge in [0.1, 0.15) is 11.1 Å². The fourth-order valence-electron chi connectivity index (χ4n) is 4.26. The lowest BCUT2D eigenvalue weighted by atomic mass is 10.1. The molecule has 3 aliphatic rings. The van der Waals surface area contributed by atoms with E-state index in [-0.39, 0.29) is 18.4 Å². The van der Waals surface area contributed by atoms with Crippen molar-refractivity contribution in [1.29, 1.82) is 0 Å². The Morgan fingerprint density at radius 3 is 2.39 bits per heavy atom. The van der Waals surface area contributed by atoms with E-state index in [2.05, 4.69) is 22.2 Å². The molecule has 9 heteroatoms. The number of carbonyl (C=O) groups is 3. The fraction of sp³-hybridized carbons (Fsp3) is 0.409. The van der Waals surface area contributed by atoms with E-state index in [4.69, 9.17) is 4.74 Å². The third-order valence-corrected chi connectivity index (χ3v) is 7.05. The Balaban J connectivity index is 1.22. The zero-order valence-corrected chi connectivity index (χ0v) is 18.1. The van der Waals surface area contributed by atoms with Crippen molar-refractivity contribution in [2.75, 3.05) is 51.2 Å². The van der Waals surface area contributed by atoms with Crippen LogP contribution in [-0.4, -0.2) is 85.0 Å². The molecule has 5 rings (SSSR count). The molecule has 31 heavy (non-hydrogen) atoms. The van der Waals surface area contributed by atoms with E-state index in [9.17, 15) is 14.4 Å². The second-order valence-electron chi connectivity index (χ2n) is 8.26. The Morgan fingerprint density at radius 2 is 1.71 bits per heavy atom. The lowest BCUT2D eigenvalue weighted by Crippen LogP contribution is -2.43. The summed E-state index contributed by atoms with van der Waals surface area (Å²) in [7, 11) is 2.14. The number of anilines is 1. The first-order chi connectivity index (χ1) is 15.0. The maximum atomic E-state index is 12.6. The Hall–Kier alpha value is -2.75. The van der Waals surface area contributed by atoms with Gasteiger partial charge in [0.25, 0.3) is 11.8 Å². The van der Waals surface area contributed by atoms with E-state index in [0.29, 0.717) is 17.7 Å². The minimum absolute atomic E-state index is 0.0636. The molecule has 4 heterocycles. The van der Waals surface area contributed by atoms with Crippen LogP contribution in [0, 0.1) is 0 Å². The molecule has 1 aromatic heterocycles. The van der Waals surface area contributed by atoms with Crippen LogP contribution in [0.25, 0.3) is 0 Å². The van der Waals surface area contributed by atoms with Gasteiger partial charge in [-0.05, 0) is 36.2 Å². The van der Waals surface area contributed by atoms with E-state index in [1.54, 1.807) is 29.2 Å². The fourth-order valence-corrected chi connectivity index (χ4v) is 5.17. The molecule has 0 radical (unpaired) electrons. The van der Waals surface area contributed by atoms with Crippen LogP contribution in [0.5, 0.6) is 0 Å². The van der Waals surface area contributed by atoms with E-state index < -0.39 is 12.2 Å². The normalized spacial score (nSPS) is 22.4. The van der Waals surface area contributed by atoms with Crippen LogP contribution in [0.1, 0.15) is 26.3 Å². The van der Waals surface area contributed by atoms with Gasteiger partial charge in [0.05, 0.1) is 24.2 Å². The zero-order valence-electron chi connectivity index (χ0n) is 17.3. The summed E-state index contributed by atoms with van der Waals surface area (Å²) in [4.78, 5) is 45.2. The van der Waals surface area contributed by atoms with Gasteiger partial charge in [-0.15, -0.1) is 11.3 Å². The average molecular weight is 441 g/mol. The Kier molecular flexibility index (Phi) is 5.25. The summed E-state index contributed by atoms with van der Waals surface area (Å²) < 4.78 is 5.49. The highest BCUT2D eigenvalue weighted by Crippen LogP contribution is 2.31. The molecule has 2 fully saturated rings. The molecule has 2 saturated heterocycles. The third kappa shape index (κ3) is 3.84. The highest BCUT2D eigenvalue weighted by Gasteiger charge is 2.41. The van der Waals surface area contributed by atoms with Crippen LogP contribution >= 0.6 is 11.3 Å². The van der Waals surface area contributed by atoms with Gasteiger partial charge in [0.2, 0.25) is 0 Å². The van der Waals surface area contributed by atoms with Crippen LogP contribution < -0.4 is 4.90 Å². The third-order valence-electron chi connectivity index (χ3n) is 6.05. The molecule has 3 amide bonds. The highest BCUT2D eigenvalue weighted by molar-refractivity contribution is 7.14. The molecule has 0 saturated carbocycles. The number of fused-ring (bicyclic) bond motifs is 1. The number of nitrogens with zero attached hydrogens (tertiary/aromatic N) is 4. The summed E-state index contributed by atoms with van der Waals surface area (Å²) in [5, 5.41) is 2.91. The summed E-state index contributed by atoms with van der Waals surface area (Å²) in [6.07, 6.45) is -0.979. The quantitative estimate of drug-likeness (QED) is 0.663. The van der Waals surface area contributed by atoms with E-state index >= 15 is 0 Å². The minimum Gasteiger partial charge on any atom is -0.442 e. The van der Waals surface area contributed by atoms with Crippen LogP contribution in [0.4, 0.5) is 9.80 Å². The molecular formula is C22H24N4O4S. The van der Waals surface area contributed by atoms with Crippen molar-refractivity contribution >= 4 is 34.2 Å². The number of ether oxygens (including phenoxy) is 1. The van der Waals surface area contributed by atoms with Gasteiger partial charge < -0.3 is 9.64 Å². The van der Waals surface area contributed by atoms with Crippen LogP contribution in [0.3, 0.4) is 0 Å². The zero-order chi connectivity index (χ0) is 21.5. The minimum atomic E-state index is -0.544. The number of imide groups is 1. The van der Waals surface area contributed by atoms with Crippen molar-refractivity contribution in [2.45, 2.75) is 12.6 Å². The first-order valence-electron chi connectivity index (χ1n) is 10.4. The van der Waals surface area contributed by atoms with Crippen molar-refractivity contribution in [3.63, 3.8) is 0 Å². The van der Waals surface area contributed by atoms with Gasteiger partial charge in [0.15, 0.2) is 0 Å². The SMILES string of the molecule is CN1CCN(Cc2csc(N3C[C@H](CN4C(=O)c5ccccc5C4=O)OC3=O)c2)CC1. The molecule has 0 unspecified atom stereocenters. The lowest BCUT2D eigenvalue weighted by molar-refractivity contribution is 0.0558. The standard InChI is InChI=1S/C22H24N4O4S/c1-23-6-8-24(9-7-23)11-15-10-19(31-14-15)25-12-16(30-22(25)29)13-26-20(27)17-4-2-3-5-18(17)21(26)28/h2-5,10,14,16H,6-9,11-13H2,1H3/t16-/m1/s1. The monoisotopic (exact) mass is 440 g/mol. The summed E-state index contributed by atoms with van der Waals surface area (Å²) in [5.74, 6) is -0.665. The molecule has 0 N–H and O–H groups in total. The number of hydrogen-bond acceptors (Lipinski definition) is 7. The largest absolute Gasteiger partial charge is 0.442 e. The predicted molar refractivity (Wildman–Crippen MR) is 117 cm³/mol. The molecule has 0 bridgehead atoms. The summed E-state index contributed by atoms with van der Waals surface area (Å²) >= 11 is 1.52. The van der Waals surface area contributed by atoms with Crippen molar-refractivity contribution < 1.29 is 19.1 Å². The first kappa shape index (κ1) is 20.2. The maximum Gasteiger partial charge on any atom is 0.415 e. The summed E-state index contributed by atoms with van der Waals surface area (Å²) in [5.41, 5.74) is 1.99. The number of likely N-dealkylation sites (N-methyl/N-ethyl adjacent to an activating group) is 1. The molecule has 0 spiro atoms. The molecule has 1 atom stereocenters. The Labute approximate surface area is 184 Å². The molecule has 162 valence electrons. The smallest absolute Gasteiger partial charge is 0.415 e. The van der Waals surface area contributed by atoms with Crippen molar-refractivity contribution in [1.82, 2.24) is 14.7 Å². The molecule has 1 aromatic carbocycles. The number of amides is 3. The van der Waals surface area contributed by atoms with Gasteiger partial charge in [-0.25, -0.2) is 4.79 Å². The topological polar surface area (TPSA) is 73.4 Å². The van der Waals surface area contributed by atoms with Crippen LogP contribution in [0.15, 0.2) is 35.7 Å². The van der Waals surface area contributed by atoms with E-state index in [0.717, 1.165) is 37.7 Å². The number of rotatable bonds is 5. The van der Waals surface area contributed by atoms with Crippen molar-refractivity contribution in [3.05, 3.63) is 52.4 Å². The van der Waals surface area contributed by atoms with Crippen molar-refractivity contribution in [2.24, 2.45) is 0 Å². The van der Waals surface area contributed by atoms with Crippen LogP contribution in [-0.2, 0) is 11.3 Å². The molecule has 3 aliphatic heterocycles. The number of cyclic esters (lactones) is 1. The highest BCUT2D eigenvalue weighted by atomic mass is 32.1. The molecular weight excluding hydrogens is 416 g/mol. The van der Waals surface area contributed by atoms with Gasteiger partial charge in [-0.2, -0.15) is 0 Å². The van der Waals surface area contributed by atoms with Gasteiger partial charge >= 0.3 is 6.09 Å². The average Bonchev–Trinajstić information content (AvgIpc) is 3.44. The summed E-state index contributed by atoms with van der Waals surface area (Å²) in [6.45, 7) is 5.45. The lowest BCUT2D eigenvalue weighted by Gasteiger charge is -2.32. The number of carbonyl (C=O) groups excluding carboxylic acids is 3. The van der Waals surface area contributed by atoms with E-state index in [1.807, 2.05) is 6.07 Å². The molecule has 0 aliphatic carbocycles. The van der Waals surface area contributed by atoms with Gasteiger partial charge in [0, 0.05) is 32.7 Å². The second-order valence-corrected chi connectivity index (χ2v) is 9.15. The Morgan fingerprint density at radius 1 is 1.03 bits per heavy atom. The number of piperazine rings is 1. The number of benzene rings is 1. The number of hydrogen-bond donors (Lipinski definition) is 0. The van der Waals surface area contributed by atoms with Gasteiger partial charge in [-0.1, -0.05) is 12.1 Å². The van der Waals surface area contributed by atoms with E-state index in [1.165, 1.54) is 21.8 Å². The van der Waals surface area contributed by atoms with Crippen molar-refractivity contribution in [3.8, 4) is 0 Å². The summed E-state index contributed by atoms with van der Waals surface area (Å²) in [6, 6.07) is 8.81. The first-order valence-corrected chi connectivity index (χ1v) is 11.3. The van der Waals surface area contributed by atoms with Crippen LogP contribution in [0.2, 0.25) is 0 Å². The molecule has 8 nitrogen and oxygen atoms in total. The predicted octanol–water partition coefficient (Wildman–Crippen LogP) is 2.12. The maximum absolute atomic E-state index is 12.6. The molecule has 2 aromatic rings.